The maximum absolute atomic E-state index is 13.1. The van der Waals surface area contributed by atoms with E-state index in [0.29, 0.717) is 0 Å². The molecule has 0 saturated carbocycles. The number of benzene rings is 1. The lowest BCUT2D eigenvalue weighted by Crippen LogP contribution is -2.41. The standard InChI is InChI=1S/C14H16FNO5S/c1-8(2)5-11(14(17)18)16-22(19,20)13-7-9-6-10(15)3-4-12(9)21-13/h3-4,6-8,11,16H,5H2,1-2H3,(H,17,18)/t11-/m1/s1. The normalized spacial score (nSPS) is 13.6. The van der Waals surface area contributed by atoms with Gasteiger partial charge in [0.05, 0.1) is 0 Å². The number of carboxylic acid groups (broad SMARTS) is 1. The van der Waals surface area contributed by atoms with Gasteiger partial charge in [-0.2, -0.15) is 4.72 Å². The average Bonchev–Trinajstić information content (AvgIpc) is 2.80. The van der Waals surface area contributed by atoms with Crippen LogP contribution in [0.2, 0.25) is 0 Å². The summed E-state index contributed by atoms with van der Waals surface area (Å²) in [5.41, 5.74) is 0.206. The van der Waals surface area contributed by atoms with Gasteiger partial charge in [-0.3, -0.25) is 4.79 Å². The van der Waals surface area contributed by atoms with E-state index in [4.69, 9.17) is 9.52 Å². The van der Waals surface area contributed by atoms with E-state index in [-0.39, 0.29) is 23.3 Å². The van der Waals surface area contributed by atoms with Crippen LogP contribution in [0.5, 0.6) is 0 Å². The Bertz CT molecular complexity index is 797. The van der Waals surface area contributed by atoms with E-state index < -0.39 is 32.9 Å². The van der Waals surface area contributed by atoms with E-state index in [9.17, 15) is 17.6 Å². The second-order valence-electron chi connectivity index (χ2n) is 5.39. The number of fused-ring (bicyclic) bond motifs is 1. The van der Waals surface area contributed by atoms with Crippen molar-refractivity contribution in [1.29, 1.82) is 0 Å². The summed E-state index contributed by atoms with van der Waals surface area (Å²) in [6.07, 6.45) is 0.142. The van der Waals surface area contributed by atoms with Crippen LogP contribution >= 0.6 is 0 Å². The SMILES string of the molecule is CC(C)C[C@@H](NS(=O)(=O)c1cc2cc(F)ccc2o1)C(=O)O. The molecular weight excluding hydrogens is 313 g/mol. The van der Waals surface area contributed by atoms with Gasteiger partial charge in [0, 0.05) is 11.5 Å². The third-order valence-electron chi connectivity index (χ3n) is 3.02. The molecule has 0 saturated heterocycles. The van der Waals surface area contributed by atoms with Crippen molar-refractivity contribution in [1.82, 2.24) is 4.72 Å². The Morgan fingerprint density at radius 3 is 2.64 bits per heavy atom. The number of hydrogen-bond acceptors (Lipinski definition) is 4. The Morgan fingerprint density at radius 1 is 1.36 bits per heavy atom. The molecule has 0 aliphatic rings. The number of furan rings is 1. The Kier molecular flexibility index (Phi) is 4.52. The predicted molar refractivity (Wildman–Crippen MR) is 77.4 cm³/mol. The Labute approximate surface area is 127 Å². The molecule has 2 N–H and O–H groups in total. The van der Waals surface area contributed by atoms with Crippen molar-refractivity contribution in [2.75, 3.05) is 0 Å². The second-order valence-corrected chi connectivity index (χ2v) is 7.03. The first-order valence-corrected chi connectivity index (χ1v) is 8.11. The van der Waals surface area contributed by atoms with Crippen LogP contribution in [0.3, 0.4) is 0 Å². The fourth-order valence-electron chi connectivity index (χ4n) is 2.04. The quantitative estimate of drug-likeness (QED) is 0.848. The molecule has 0 aliphatic carbocycles. The zero-order valence-corrected chi connectivity index (χ0v) is 12.9. The number of aliphatic carboxylic acids is 1. The van der Waals surface area contributed by atoms with Gasteiger partial charge >= 0.3 is 5.97 Å². The summed E-state index contributed by atoms with van der Waals surface area (Å²) in [6.45, 7) is 3.57. The zero-order chi connectivity index (χ0) is 16.5. The highest BCUT2D eigenvalue weighted by Crippen LogP contribution is 2.24. The molecule has 22 heavy (non-hydrogen) atoms. The van der Waals surface area contributed by atoms with Crippen LogP contribution in [0.25, 0.3) is 11.0 Å². The Hall–Kier alpha value is -1.93. The first-order valence-electron chi connectivity index (χ1n) is 6.63. The minimum absolute atomic E-state index is 0.00595. The van der Waals surface area contributed by atoms with Gasteiger partial charge in [0.25, 0.3) is 10.0 Å². The monoisotopic (exact) mass is 329 g/mol. The summed E-state index contributed by atoms with van der Waals surface area (Å²) in [4.78, 5) is 11.2. The molecular formula is C14H16FNO5S. The highest BCUT2D eigenvalue weighted by atomic mass is 32.2. The van der Waals surface area contributed by atoms with Gasteiger partial charge in [0.1, 0.15) is 17.4 Å². The molecule has 0 spiro atoms. The van der Waals surface area contributed by atoms with Crippen LogP contribution in [-0.2, 0) is 14.8 Å². The molecule has 0 amide bonds. The van der Waals surface area contributed by atoms with Gasteiger partial charge in [0.15, 0.2) is 0 Å². The number of nitrogens with one attached hydrogen (secondary N) is 1. The van der Waals surface area contributed by atoms with Crippen LogP contribution in [0, 0.1) is 11.7 Å². The van der Waals surface area contributed by atoms with Gasteiger partial charge in [0.2, 0.25) is 5.09 Å². The van der Waals surface area contributed by atoms with Gasteiger partial charge in [-0.1, -0.05) is 13.8 Å². The Morgan fingerprint density at radius 2 is 2.05 bits per heavy atom. The second kappa shape index (κ2) is 6.05. The van der Waals surface area contributed by atoms with E-state index >= 15 is 0 Å². The highest BCUT2D eigenvalue weighted by Gasteiger charge is 2.28. The zero-order valence-electron chi connectivity index (χ0n) is 12.0. The average molecular weight is 329 g/mol. The van der Waals surface area contributed by atoms with Crippen LogP contribution < -0.4 is 4.72 Å². The predicted octanol–water partition coefficient (Wildman–Crippen LogP) is 2.35. The fourth-order valence-corrected chi connectivity index (χ4v) is 3.21. The summed E-state index contributed by atoms with van der Waals surface area (Å²) in [5.74, 6) is -1.79. The summed E-state index contributed by atoms with van der Waals surface area (Å²) in [7, 11) is -4.14. The number of rotatable bonds is 6. The molecule has 120 valence electrons. The topological polar surface area (TPSA) is 96.6 Å². The van der Waals surface area contributed by atoms with Crippen LogP contribution in [0.15, 0.2) is 33.8 Å². The molecule has 2 rings (SSSR count). The van der Waals surface area contributed by atoms with Crippen molar-refractivity contribution < 1.29 is 27.1 Å². The van der Waals surface area contributed by atoms with E-state index in [1.165, 1.54) is 6.07 Å². The largest absolute Gasteiger partial charge is 0.480 e. The third-order valence-corrected chi connectivity index (χ3v) is 4.35. The summed E-state index contributed by atoms with van der Waals surface area (Å²) < 4.78 is 44.8. The summed E-state index contributed by atoms with van der Waals surface area (Å²) >= 11 is 0. The number of carboxylic acids is 1. The molecule has 6 nitrogen and oxygen atoms in total. The minimum Gasteiger partial charge on any atom is -0.480 e. The van der Waals surface area contributed by atoms with E-state index in [1.807, 2.05) is 0 Å². The van der Waals surface area contributed by atoms with Gasteiger partial charge < -0.3 is 9.52 Å². The lowest BCUT2D eigenvalue weighted by Gasteiger charge is -2.15. The lowest BCUT2D eigenvalue weighted by molar-refractivity contribution is -0.139. The van der Waals surface area contributed by atoms with Crippen LogP contribution in [0.4, 0.5) is 4.39 Å². The van der Waals surface area contributed by atoms with Crippen LogP contribution in [0.1, 0.15) is 20.3 Å². The van der Waals surface area contributed by atoms with Crippen molar-refractivity contribution in [3.63, 3.8) is 0 Å². The van der Waals surface area contributed by atoms with Gasteiger partial charge in [-0.15, -0.1) is 0 Å². The number of halogens is 1. The number of hydrogen-bond donors (Lipinski definition) is 2. The molecule has 1 aromatic carbocycles. The van der Waals surface area contributed by atoms with E-state index in [0.717, 1.165) is 18.2 Å². The summed E-state index contributed by atoms with van der Waals surface area (Å²) in [5, 5.41) is 8.95. The first kappa shape index (κ1) is 16.4. The lowest BCUT2D eigenvalue weighted by atomic mass is 10.1. The fraction of sp³-hybridized carbons (Fsp3) is 0.357. The molecule has 1 aromatic heterocycles. The molecule has 0 bridgehead atoms. The number of sulfonamides is 1. The van der Waals surface area contributed by atoms with Crippen molar-refractivity contribution in [2.45, 2.75) is 31.4 Å². The third kappa shape index (κ3) is 3.63. The molecule has 0 unspecified atom stereocenters. The van der Waals surface area contributed by atoms with Gasteiger partial charge in [-0.25, -0.2) is 12.8 Å². The smallest absolute Gasteiger partial charge is 0.321 e. The minimum atomic E-state index is -4.14. The van der Waals surface area contributed by atoms with Gasteiger partial charge in [-0.05, 0) is 30.5 Å². The molecule has 0 radical (unpaired) electrons. The van der Waals surface area contributed by atoms with Crippen LogP contribution in [-0.4, -0.2) is 25.5 Å². The maximum atomic E-state index is 13.1. The molecule has 8 heteroatoms. The van der Waals surface area contributed by atoms with E-state index in [1.54, 1.807) is 13.8 Å². The first-order chi connectivity index (χ1) is 10.2. The van der Waals surface area contributed by atoms with Crippen molar-refractivity contribution in [3.8, 4) is 0 Å². The number of carbonyl (C=O) groups is 1. The molecule has 2 aromatic rings. The molecule has 1 atom stereocenters. The highest BCUT2D eigenvalue weighted by molar-refractivity contribution is 7.89. The summed E-state index contributed by atoms with van der Waals surface area (Å²) in [6, 6.07) is 3.51. The van der Waals surface area contributed by atoms with Crippen molar-refractivity contribution >= 4 is 27.0 Å². The van der Waals surface area contributed by atoms with E-state index in [2.05, 4.69) is 4.72 Å². The Balaban J connectivity index is 2.33. The molecule has 0 aliphatic heterocycles. The maximum Gasteiger partial charge on any atom is 0.321 e. The molecule has 1 heterocycles. The molecule has 0 fully saturated rings. The van der Waals surface area contributed by atoms with Crippen molar-refractivity contribution in [2.24, 2.45) is 5.92 Å². The van der Waals surface area contributed by atoms with Crippen molar-refractivity contribution in [3.05, 3.63) is 30.1 Å².